The highest BCUT2D eigenvalue weighted by Crippen LogP contribution is 2.25. The Labute approximate surface area is 112 Å². The van der Waals surface area contributed by atoms with Crippen molar-refractivity contribution in [2.75, 3.05) is 18.9 Å². The van der Waals surface area contributed by atoms with E-state index in [0.717, 1.165) is 16.4 Å². The monoisotopic (exact) mass is 290 g/mol. The van der Waals surface area contributed by atoms with Crippen molar-refractivity contribution in [2.24, 2.45) is 0 Å². The summed E-state index contributed by atoms with van der Waals surface area (Å²) < 4.78 is 39.4. The molecule has 5 nitrogen and oxygen atoms in total. The molecule has 0 spiro atoms. The smallest absolute Gasteiger partial charge is 0.243 e. The quantitative estimate of drug-likeness (QED) is 0.796. The lowest BCUT2D eigenvalue weighted by atomic mass is 10.2. The number of benzene rings is 1. The SMILES string of the molecule is Cc1cc(F)c(N)cc1S(=O)(=O)N(CCO)C(C)C. The molecule has 0 unspecified atom stereocenters. The third kappa shape index (κ3) is 3.23. The van der Waals surface area contributed by atoms with E-state index in [1.165, 1.54) is 6.92 Å². The van der Waals surface area contributed by atoms with Crippen molar-refractivity contribution in [2.45, 2.75) is 31.7 Å². The maximum Gasteiger partial charge on any atom is 0.243 e. The molecule has 0 saturated heterocycles. The number of anilines is 1. The topological polar surface area (TPSA) is 83.6 Å². The van der Waals surface area contributed by atoms with Gasteiger partial charge in [0.25, 0.3) is 0 Å². The van der Waals surface area contributed by atoms with Crippen molar-refractivity contribution in [3.8, 4) is 0 Å². The summed E-state index contributed by atoms with van der Waals surface area (Å²) in [5.74, 6) is -0.644. The van der Waals surface area contributed by atoms with E-state index in [2.05, 4.69) is 0 Å². The minimum absolute atomic E-state index is 0.0171. The van der Waals surface area contributed by atoms with Gasteiger partial charge in [-0.2, -0.15) is 4.31 Å². The first-order chi connectivity index (χ1) is 8.71. The molecule has 0 aliphatic carbocycles. The second kappa shape index (κ2) is 5.85. The fraction of sp³-hybridized carbons (Fsp3) is 0.500. The van der Waals surface area contributed by atoms with Crippen LogP contribution in [0.1, 0.15) is 19.4 Å². The number of nitrogen functional groups attached to an aromatic ring is 1. The van der Waals surface area contributed by atoms with Crippen molar-refractivity contribution in [3.63, 3.8) is 0 Å². The standard InChI is InChI=1S/C12H19FN2O3S/c1-8(2)15(4-5-16)19(17,18)12-7-11(14)10(13)6-9(12)3/h6-8,16H,4-5,14H2,1-3H3. The number of aryl methyl sites for hydroxylation is 1. The number of rotatable bonds is 5. The molecule has 0 radical (unpaired) electrons. The third-order valence-corrected chi connectivity index (χ3v) is 4.99. The molecule has 0 amide bonds. The van der Waals surface area contributed by atoms with Gasteiger partial charge < -0.3 is 10.8 Å². The van der Waals surface area contributed by atoms with Gasteiger partial charge in [0, 0.05) is 12.6 Å². The summed E-state index contributed by atoms with van der Waals surface area (Å²) in [6.07, 6.45) is 0. The molecule has 0 aliphatic heterocycles. The molecular weight excluding hydrogens is 271 g/mol. The molecule has 3 N–H and O–H groups in total. The number of hydrogen-bond donors (Lipinski definition) is 2. The number of hydrogen-bond acceptors (Lipinski definition) is 4. The number of nitrogens with two attached hydrogens (primary N) is 1. The predicted molar refractivity (Wildman–Crippen MR) is 71.7 cm³/mol. The van der Waals surface area contributed by atoms with Crippen molar-refractivity contribution < 1.29 is 17.9 Å². The Kier molecular flexibility index (Phi) is 4.89. The summed E-state index contributed by atoms with van der Waals surface area (Å²) >= 11 is 0. The van der Waals surface area contributed by atoms with E-state index in [1.807, 2.05) is 0 Å². The molecule has 7 heteroatoms. The highest BCUT2D eigenvalue weighted by molar-refractivity contribution is 7.89. The molecule has 1 rings (SSSR count). The zero-order valence-corrected chi connectivity index (χ0v) is 12.0. The van der Waals surface area contributed by atoms with E-state index >= 15 is 0 Å². The van der Waals surface area contributed by atoms with Crippen molar-refractivity contribution in [3.05, 3.63) is 23.5 Å². The van der Waals surface area contributed by atoms with Crippen LogP contribution in [0.15, 0.2) is 17.0 Å². The maximum atomic E-state index is 13.3. The lowest BCUT2D eigenvalue weighted by Gasteiger charge is -2.26. The molecule has 0 fully saturated rings. The molecule has 0 atom stereocenters. The number of sulfonamides is 1. The molecule has 0 heterocycles. The van der Waals surface area contributed by atoms with Crippen LogP contribution in [0.5, 0.6) is 0 Å². The first kappa shape index (κ1) is 15.9. The van der Waals surface area contributed by atoms with Gasteiger partial charge in [0.1, 0.15) is 5.82 Å². The summed E-state index contributed by atoms with van der Waals surface area (Å²) in [6.45, 7) is 4.61. The summed E-state index contributed by atoms with van der Waals surface area (Å²) in [5.41, 5.74) is 5.51. The van der Waals surface area contributed by atoms with Gasteiger partial charge in [-0.05, 0) is 38.5 Å². The summed E-state index contributed by atoms with van der Waals surface area (Å²) in [6, 6.07) is 1.90. The van der Waals surface area contributed by atoms with Gasteiger partial charge in [-0.25, -0.2) is 12.8 Å². The second-order valence-electron chi connectivity index (χ2n) is 4.57. The van der Waals surface area contributed by atoms with E-state index in [4.69, 9.17) is 10.8 Å². The number of nitrogens with zero attached hydrogens (tertiary/aromatic N) is 1. The van der Waals surface area contributed by atoms with Gasteiger partial charge in [-0.15, -0.1) is 0 Å². The first-order valence-corrected chi connectivity index (χ1v) is 7.34. The van der Waals surface area contributed by atoms with Gasteiger partial charge >= 0.3 is 0 Å². The minimum atomic E-state index is -3.81. The number of halogens is 1. The molecule has 108 valence electrons. The Balaban J connectivity index is 3.37. The average Bonchev–Trinajstić information content (AvgIpc) is 2.29. The lowest BCUT2D eigenvalue weighted by Crippen LogP contribution is -2.39. The van der Waals surface area contributed by atoms with Crippen LogP contribution in [0.4, 0.5) is 10.1 Å². The van der Waals surface area contributed by atoms with Crippen LogP contribution in [0.25, 0.3) is 0 Å². The first-order valence-electron chi connectivity index (χ1n) is 5.90. The summed E-state index contributed by atoms with van der Waals surface area (Å²) in [4.78, 5) is -0.0337. The number of aliphatic hydroxyl groups is 1. The molecule has 19 heavy (non-hydrogen) atoms. The Morgan fingerprint density at radius 3 is 2.47 bits per heavy atom. The highest BCUT2D eigenvalue weighted by atomic mass is 32.2. The molecule has 0 bridgehead atoms. The van der Waals surface area contributed by atoms with Crippen LogP contribution in [0, 0.1) is 12.7 Å². The molecule has 0 saturated carbocycles. The highest BCUT2D eigenvalue weighted by Gasteiger charge is 2.28. The molecule has 0 aromatic heterocycles. The Morgan fingerprint density at radius 1 is 1.42 bits per heavy atom. The van der Waals surface area contributed by atoms with Gasteiger partial charge in [0.15, 0.2) is 0 Å². The van der Waals surface area contributed by atoms with E-state index in [-0.39, 0.29) is 35.3 Å². The predicted octanol–water partition coefficient (Wildman–Crippen LogP) is 1.11. The maximum absolute atomic E-state index is 13.3. The Morgan fingerprint density at radius 2 is 2.00 bits per heavy atom. The minimum Gasteiger partial charge on any atom is -0.396 e. The summed E-state index contributed by atoms with van der Waals surface area (Å²) in [5, 5.41) is 8.97. The molecule has 1 aromatic rings. The largest absolute Gasteiger partial charge is 0.396 e. The van der Waals surface area contributed by atoms with Crippen LogP contribution in [0.2, 0.25) is 0 Å². The van der Waals surface area contributed by atoms with E-state index in [0.29, 0.717) is 0 Å². The average molecular weight is 290 g/mol. The fourth-order valence-corrected chi connectivity index (χ4v) is 3.70. The second-order valence-corrected chi connectivity index (χ2v) is 6.43. The van der Waals surface area contributed by atoms with Gasteiger partial charge in [0.05, 0.1) is 17.2 Å². The van der Waals surface area contributed by atoms with Crippen molar-refractivity contribution in [1.29, 1.82) is 0 Å². The van der Waals surface area contributed by atoms with E-state index < -0.39 is 15.8 Å². The summed E-state index contributed by atoms with van der Waals surface area (Å²) in [7, 11) is -3.81. The molecular formula is C12H19FN2O3S. The Bertz CT molecular complexity index is 558. The van der Waals surface area contributed by atoms with Crippen LogP contribution in [-0.2, 0) is 10.0 Å². The normalized spacial score (nSPS) is 12.4. The van der Waals surface area contributed by atoms with Crippen LogP contribution in [-0.4, -0.2) is 37.0 Å². The zero-order chi connectivity index (χ0) is 14.8. The third-order valence-electron chi connectivity index (χ3n) is 2.78. The number of aliphatic hydroxyl groups excluding tert-OH is 1. The molecule has 1 aromatic carbocycles. The van der Waals surface area contributed by atoms with Crippen molar-refractivity contribution >= 4 is 15.7 Å². The fourth-order valence-electron chi connectivity index (χ4n) is 1.83. The zero-order valence-electron chi connectivity index (χ0n) is 11.2. The van der Waals surface area contributed by atoms with Crippen LogP contribution in [0.3, 0.4) is 0 Å². The van der Waals surface area contributed by atoms with Crippen LogP contribution < -0.4 is 5.73 Å². The van der Waals surface area contributed by atoms with E-state index in [9.17, 15) is 12.8 Å². The van der Waals surface area contributed by atoms with Crippen LogP contribution >= 0.6 is 0 Å². The lowest BCUT2D eigenvalue weighted by molar-refractivity contribution is 0.236. The van der Waals surface area contributed by atoms with Gasteiger partial charge in [-0.3, -0.25) is 0 Å². The Hall–Kier alpha value is -1.18. The van der Waals surface area contributed by atoms with Gasteiger partial charge in [-0.1, -0.05) is 0 Å². The molecule has 0 aliphatic rings. The van der Waals surface area contributed by atoms with E-state index in [1.54, 1.807) is 13.8 Å². The van der Waals surface area contributed by atoms with Gasteiger partial charge in [0.2, 0.25) is 10.0 Å². The van der Waals surface area contributed by atoms with Crippen molar-refractivity contribution in [1.82, 2.24) is 4.31 Å².